The predicted molar refractivity (Wildman–Crippen MR) is 56.3 cm³/mol. The molecule has 0 aliphatic rings. The molecule has 0 saturated heterocycles. The van der Waals surface area contributed by atoms with Gasteiger partial charge in [-0.25, -0.2) is 0 Å². The highest BCUT2D eigenvalue weighted by Crippen LogP contribution is 2.19. The van der Waals surface area contributed by atoms with Gasteiger partial charge in [-0.15, -0.1) is 6.58 Å². The van der Waals surface area contributed by atoms with Gasteiger partial charge in [0.2, 0.25) is 6.54 Å². The number of nitrogens with zero attached hydrogens (tertiary/aromatic N) is 1. The lowest BCUT2D eigenvalue weighted by molar-refractivity contribution is -0.481. The highest BCUT2D eigenvalue weighted by molar-refractivity contribution is 6.30. The molecular weight excluding hydrogens is 202 g/mol. The molecule has 0 fully saturated rings. The average Bonchev–Trinajstić information content (AvgIpc) is 2.15. The third-order valence-corrected chi connectivity index (χ3v) is 2.18. The van der Waals surface area contributed by atoms with Crippen LogP contribution in [0, 0.1) is 10.1 Å². The van der Waals surface area contributed by atoms with Crippen molar-refractivity contribution in [3.63, 3.8) is 0 Å². The van der Waals surface area contributed by atoms with E-state index in [4.69, 9.17) is 11.6 Å². The Kier molecular flexibility index (Phi) is 3.65. The van der Waals surface area contributed by atoms with Crippen LogP contribution < -0.4 is 0 Å². The van der Waals surface area contributed by atoms with E-state index in [-0.39, 0.29) is 17.4 Å². The summed E-state index contributed by atoms with van der Waals surface area (Å²) in [6.07, 6.45) is 1.58. The van der Waals surface area contributed by atoms with E-state index in [0.29, 0.717) is 5.02 Å². The van der Waals surface area contributed by atoms with Crippen LogP contribution in [0.25, 0.3) is 0 Å². The van der Waals surface area contributed by atoms with Gasteiger partial charge in [0.25, 0.3) is 0 Å². The quantitative estimate of drug-likeness (QED) is 0.437. The van der Waals surface area contributed by atoms with Crippen molar-refractivity contribution >= 4 is 11.6 Å². The number of rotatable bonds is 4. The second-order valence-corrected chi connectivity index (χ2v) is 3.35. The molecule has 3 nitrogen and oxygen atoms in total. The van der Waals surface area contributed by atoms with E-state index in [1.165, 1.54) is 0 Å². The maximum atomic E-state index is 10.3. The Labute approximate surface area is 87.2 Å². The summed E-state index contributed by atoms with van der Waals surface area (Å²) < 4.78 is 0. The molecule has 4 heteroatoms. The van der Waals surface area contributed by atoms with Crippen LogP contribution in [-0.4, -0.2) is 11.5 Å². The zero-order valence-corrected chi connectivity index (χ0v) is 8.28. The van der Waals surface area contributed by atoms with Gasteiger partial charge in [-0.05, 0) is 17.7 Å². The Balaban J connectivity index is 2.84. The standard InChI is InChI=1S/C10H10ClNO2/c1-2-8(7-12(13)14)9-3-5-10(11)6-4-9/h2-6,8H,1,7H2/t8-/m0/s1. The topological polar surface area (TPSA) is 43.1 Å². The number of benzene rings is 1. The van der Waals surface area contributed by atoms with Crippen LogP contribution in [0.4, 0.5) is 0 Å². The maximum Gasteiger partial charge on any atom is 0.214 e. The summed E-state index contributed by atoms with van der Waals surface area (Å²) in [6.45, 7) is 3.44. The molecule has 0 unspecified atom stereocenters. The first-order chi connectivity index (χ1) is 6.63. The summed E-state index contributed by atoms with van der Waals surface area (Å²) in [5.41, 5.74) is 0.862. The zero-order chi connectivity index (χ0) is 10.6. The third-order valence-electron chi connectivity index (χ3n) is 1.93. The molecule has 0 N–H and O–H groups in total. The van der Waals surface area contributed by atoms with Gasteiger partial charge in [-0.1, -0.05) is 29.8 Å². The molecule has 1 aromatic carbocycles. The van der Waals surface area contributed by atoms with Gasteiger partial charge in [0.1, 0.15) is 0 Å². The molecule has 1 aromatic rings. The van der Waals surface area contributed by atoms with Crippen molar-refractivity contribution in [2.45, 2.75) is 5.92 Å². The van der Waals surface area contributed by atoms with Crippen LogP contribution in [0.15, 0.2) is 36.9 Å². The van der Waals surface area contributed by atoms with E-state index in [1.54, 1.807) is 30.3 Å². The number of nitro groups is 1. The van der Waals surface area contributed by atoms with Crippen molar-refractivity contribution in [1.82, 2.24) is 0 Å². The summed E-state index contributed by atoms with van der Waals surface area (Å²) in [7, 11) is 0. The van der Waals surface area contributed by atoms with E-state index in [2.05, 4.69) is 6.58 Å². The molecule has 14 heavy (non-hydrogen) atoms. The van der Waals surface area contributed by atoms with Crippen LogP contribution in [0.2, 0.25) is 5.02 Å². The minimum absolute atomic E-state index is 0.134. The second kappa shape index (κ2) is 4.77. The Bertz CT molecular complexity index is 334. The van der Waals surface area contributed by atoms with Gasteiger partial charge >= 0.3 is 0 Å². The van der Waals surface area contributed by atoms with E-state index in [9.17, 15) is 10.1 Å². The van der Waals surface area contributed by atoms with Crippen LogP contribution in [0.5, 0.6) is 0 Å². The lowest BCUT2D eigenvalue weighted by Gasteiger charge is -2.07. The van der Waals surface area contributed by atoms with Crippen LogP contribution in [-0.2, 0) is 0 Å². The molecule has 0 heterocycles. The number of hydrogen-bond acceptors (Lipinski definition) is 2. The lowest BCUT2D eigenvalue weighted by Crippen LogP contribution is -2.10. The van der Waals surface area contributed by atoms with Gasteiger partial charge in [0.15, 0.2) is 0 Å². The van der Waals surface area contributed by atoms with E-state index >= 15 is 0 Å². The minimum atomic E-state index is -0.346. The first-order valence-electron chi connectivity index (χ1n) is 4.13. The van der Waals surface area contributed by atoms with Crippen LogP contribution in [0.1, 0.15) is 11.5 Å². The molecule has 0 amide bonds. The zero-order valence-electron chi connectivity index (χ0n) is 7.52. The molecule has 0 aliphatic carbocycles. The Hall–Kier alpha value is -1.35. The monoisotopic (exact) mass is 211 g/mol. The first kappa shape index (κ1) is 10.7. The Morgan fingerprint density at radius 3 is 2.50 bits per heavy atom. The van der Waals surface area contributed by atoms with E-state index < -0.39 is 0 Å². The lowest BCUT2D eigenvalue weighted by atomic mass is 10.00. The molecule has 0 saturated carbocycles. The minimum Gasteiger partial charge on any atom is -0.265 e. The van der Waals surface area contributed by atoms with Crippen molar-refractivity contribution in [1.29, 1.82) is 0 Å². The summed E-state index contributed by atoms with van der Waals surface area (Å²) >= 11 is 5.71. The molecule has 74 valence electrons. The predicted octanol–water partition coefficient (Wildman–Crippen LogP) is 2.89. The molecule has 0 spiro atoms. The van der Waals surface area contributed by atoms with Crippen molar-refractivity contribution in [3.05, 3.63) is 57.6 Å². The Morgan fingerprint density at radius 1 is 1.50 bits per heavy atom. The van der Waals surface area contributed by atoms with Gasteiger partial charge in [-0.3, -0.25) is 10.1 Å². The van der Waals surface area contributed by atoms with Crippen LogP contribution in [0.3, 0.4) is 0 Å². The molecule has 0 aliphatic heterocycles. The fourth-order valence-electron chi connectivity index (χ4n) is 1.19. The van der Waals surface area contributed by atoms with Crippen molar-refractivity contribution in [3.8, 4) is 0 Å². The van der Waals surface area contributed by atoms with Gasteiger partial charge in [0.05, 0.1) is 5.92 Å². The smallest absolute Gasteiger partial charge is 0.214 e. The fourth-order valence-corrected chi connectivity index (χ4v) is 1.31. The Morgan fingerprint density at radius 2 is 2.07 bits per heavy atom. The molecule has 1 rings (SSSR count). The first-order valence-corrected chi connectivity index (χ1v) is 4.51. The third kappa shape index (κ3) is 2.85. The summed E-state index contributed by atoms with van der Waals surface area (Å²) in [5, 5.41) is 11.0. The highest BCUT2D eigenvalue weighted by Gasteiger charge is 2.13. The maximum absolute atomic E-state index is 10.3. The fraction of sp³-hybridized carbons (Fsp3) is 0.200. The van der Waals surface area contributed by atoms with Crippen molar-refractivity contribution in [2.75, 3.05) is 6.54 Å². The number of hydrogen-bond donors (Lipinski definition) is 0. The normalized spacial score (nSPS) is 12.1. The largest absolute Gasteiger partial charge is 0.265 e. The van der Waals surface area contributed by atoms with Crippen molar-refractivity contribution in [2.24, 2.45) is 0 Å². The summed E-state index contributed by atoms with van der Waals surface area (Å²) in [6, 6.07) is 6.98. The summed E-state index contributed by atoms with van der Waals surface area (Å²) in [4.78, 5) is 9.99. The van der Waals surface area contributed by atoms with Crippen LogP contribution >= 0.6 is 11.6 Å². The molecule has 1 atom stereocenters. The van der Waals surface area contributed by atoms with Gasteiger partial charge in [0, 0.05) is 9.95 Å². The van der Waals surface area contributed by atoms with Gasteiger partial charge < -0.3 is 0 Å². The summed E-state index contributed by atoms with van der Waals surface area (Å²) in [5.74, 6) is -0.248. The van der Waals surface area contributed by atoms with Gasteiger partial charge in [-0.2, -0.15) is 0 Å². The molecule has 0 radical (unpaired) electrons. The molecule has 0 bridgehead atoms. The SMILES string of the molecule is C=C[C@@H](C[N+](=O)[O-])c1ccc(Cl)cc1. The second-order valence-electron chi connectivity index (χ2n) is 2.91. The highest BCUT2D eigenvalue weighted by atomic mass is 35.5. The van der Waals surface area contributed by atoms with E-state index in [0.717, 1.165) is 5.56 Å². The number of halogens is 1. The molecule has 0 aromatic heterocycles. The van der Waals surface area contributed by atoms with E-state index in [1.807, 2.05) is 0 Å². The van der Waals surface area contributed by atoms with Crippen molar-refractivity contribution < 1.29 is 4.92 Å². The average molecular weight is 212 g/mol. The molecular formula is C10H10ClNO2.